The van der Waals surface area contributed by atoms with E-state index in [1.807, 2.05) is 26.0 Å². The number of hydrogen-bond donors (Lipinski definition) is 0. The molecule has 3 aromatic rings. The van der Waals surface area contributed by atoms with Crippen molar-refractivity contribution in [3.63, 3.8) is 0 Å². The summed E-state index contributed by atoms with van der Waals surface area (Å²) in [4.78, 5) is 15.3. The number of carbonyl (C=O) groups excluding carboxylic acids is 1. The third-order valence-electron chi connectivity index (χ3n) is 7.80. The van der Waals surface area contributed by atoms with Gasteiger partial charge in [0.05, 0.1) is 38.2 Å². The normalized spacial score (nSPS) is 21.8. The van der Waals surface area contributed by atoms with Gasteiger partial charge in [-0.25, -0.2) is 8.91 Å². The third kappa shape index (κ3) is 5.24. The topological polar surface area (TPSA) is 74.5 Å². The lowest BCUT2D eigenvalue weighted by Crippen LogP contribution is -2.67. The Morgan fingerprint density at radius 1 is 1.23 bits per heavy atom. The molecule has 11 heteroatoms. The molecule has 2 aromatic heterocycles. The summed E-state index contributed by atoms with van der Waals surface area (Å²) in [6.45, 7) is 5.43. The first-order chi connectivity index (χ1) is 19.0. The average molecular weight is 560 g/mol. The molecule has 214 valence electrons. The largest absolute Gasteiger partial charge is 0.496 e. The second kappa shape index (κ2) is 9.95. The van der Waals surface area contributed by atoms with Crippen LogP contribution in [0.2, 0.25) is 0 Å². The molecule has 0 amide bonds. The number of halogens is 3. The number of ether oxygens (including phenoxy) is 4. The van der Waals surface area contributed by atoms with Gasteiger partial charge in [0.25, 0.3) is 0 Å². The fraction of sp³-hybridized carbons (Fsp3) is 0.517. The van der Waals surface area contributed by atoms with Gasteiger partial charge in [-0.1, -0.05) is 0 Å². The molecule has 2 saturated heterocycles. The van der Waals surface area contributed by atoms with Crippen LogP contribution >= 0.6 is 0 Å². The van der Waals surface area contributed by atoms with Crippen molar-refractivity contribution in [3.8, 4) is 28.4 Å². The van der Waals surface area contributed by atoms with Crippen LogP contribution in [0.3, 0.4) is 0 Å². The number of methoxy groups -OCH3 is 1. The fourth-order valence-electron chi connectivity index (χ4n) is 5.86. The second-order valence-corrected chi connectivity index (χ2v) is 11.8. The molecule has 0 unspecified atom stereocenters. The summed E-state index contributed by atoms with van der Waals surface area (Å²) < 4.78 is 63.6. The Bertz CT molecular complexity index is 1430. The van der Waals surface area contributed by atoms with Crippen LogP contribution in [-0.4, -0.2) is 78.6 Å². The van der Waals surface area contributed by atoms with E-state index in [-0.39, 0.29) is 29.9 Å². The Morgan fingerprint density at radius 2 is 1.95 bits per heavy atom. The van der Waals surface area contributed by atoms with Gasteiger partial charge >= 0.3 is 6.61 Å². The molecule has 4 heterocycles. The lowest BCUT2D eigenvalue weighted by Gasteiger charge is -2.56. The van der Waals surface area contributed by atoms with E-state index < -0.39 is 30.1 Å². The maximum Gasteiger partial charge on any atom is 0.387 e. The zero-order valence-electron chi connectivity index (χ0n) is 22.7. The van der Waals surface area contributed by atoms with Crippen LogP contribution in [-0.2, 0) is 4.74 Å². The van der Waals surface area contributed by atoms with Crippen molar-refractivity contribution >= 4 is 11.3 Å². The van der Waals surface area contributed by atoms with Crippen molar-refractivity contribution in [1.29, 1.82) is 0 Å². The predicted molar refractivity (Wildman–Crippen MR) is 140 cm³/mol. The van der Waals surface area contributed by atoms with Gasteiger partial charge in [-0.15, -0.1) is 0 Å². The number of benzene rings is 1. The van der Waals surface area contributed by atoms with E-state index in [1.165, 1.54) is 13.2 Å². The minimum Gasteiger partial charge on any atom is -0.496 e. The van der Waals surface area contributed by atoms with Crippen LogP contribution in [0, 0.1) is 11.3 Å². The highest BCUT2D eigenvalue weighted by Crippen LogP contribution is 2.43. The molecule has 3 fully saturated rings. The zero-order chi connectivity index (χ0) is 28.2. The maximum atomic E-state index is 13.4. The SMILES string of the molecule is COc1cc(-c2cnn3cc(OC(C)(C)CN4CC5(COC5)C4)ccc23)cc(OC(F)F)c1C(=O)C[C@@H]1C[C@@H]1F. The summed E-state index contributed by atoms with van der Waals surface area (Å²) in [5.41, 5.74) is 1.59. The number of Topliss-reactive ketones (excluding diaryl/α,β-unsaturated/α-hetero) is 1. The number of pyridine rings is 1. The van der Waals surface area contributed by atoms with Gasteiger partial charge in [0.15, 0.2) is 5.78 Å². The van der Waals surface area contributed by atoms with Gasteiger partial charge < -0.3 is 18.9 Å². The molecule has 0 N–H and O–H groups in total. The molecule has 2 aliphatic heterocycles. The van der Waals surface area contributed by atoms with Crippen LogP contribution in [0.25, 0.3) is 16.6 Å². The van der Waals surface area contributed by atoms with Gasteiger partial charge in [0.1, 0.15) is 34.6 Å². The monoisotopic (exact) mass is 559 g/mol. The summed E-state index contributed by atoms with van der Waals surface area (Å²) in [6, 6.07) is 6.64. The fourth-order valence-corrected chi connectivity index (χ4v) is 5.86. The minimum absolute atomic E-state index is 0.0801. The van der Waals surface area contributed by atoms with Gasteiger partial charge in [-0.2, -0.15) is 13.9 Å². The highest BCUT2D eigenvalue weighted by atomic mass is 19.3. The lowest BCUT2D eigenvalue weighted by molar-refractivity contribution is -0.196. The molecule has 2 atom stereocenters. The lowest BCUT2D eigenvalue weighted by atomic mass is 9.77. The number of alkyl halides is 3. The van der Waals surface area contributed by atoms with Gasteiger partial charge in [0, 0.05) is 43.0 Å². The number of nitrogens with zero attached hydrogens (tertiary/aromatic N) is 3. The van der Waals surface area contributed by atoms with E-state index in [0.717, 1.165) is 32.8 Å². The summed E-state index contributed by atoms with van der Waals surface area (Å²) in [5, 5.41) is 4.45. The van der Waals surface area contributed by atoms with Crippen molar-refractivity contribution in [2.24, 2.45) is 11.3 Å². The first-order valence-corrected chi connectivity index (χ1v) is 13.4. The van der Waals surface area contributed by atoms with E-state index in [0.29, 0.717) is 27.8 Å². The van der Waals surface area contributed by atoms with Crippen molar-refractivity contribution < 1.29 is 36.9 Å². The van der Waals surface area contributed by atoms with E-state index in [1.54, 1.807) is 23.0 Å². The first-order valence-electron chi connectivity index (χ1n) is 13.4. The van der Waals surface area contributed by atoms with E-state index in [2.05, 4.69) is 10.00 Å². The average Bonchev–Trinajstić information content (AvgIpc) is 3.36. The minimum atomic E-state index is -3.16. The number of carbonyl (C=O) groups is 1. The van der Waals surface area contributed by atoms with Crippen molar-refractivity contribution in [2.75, 3.05) is 40.0 Å². The molecule has 1 saturated carbocycles. The molecule has 3 aliphatic rings. The number of ketones is 1. The first kappa shape index (κ1) is 26.9. The van der Waals surface area contributed by atoms with Gasteiger partial charge in [-0.05, 0) is 50.1 Å². The van der Waals surface area contributed by atoms with Crippen molar-refractivity contribution in [3.05, 3.63) is 42.2 Å². The Morgan fingerprint density at radius 3 is 2.58 bits per heavy atom. The Labute approximate surface area is 229 Å². The molecule has 0 radical (unpaired) electrons. The van der Waals surface area contributed by atoms with E-state index in [4.69, 9.17) is 18.9 Å². The number of likely N-dealkylation sites (tertiary alicyclic amines) is 1. The molecule has 1 spiro atoms. The summed E-state index contributed by atoms with van der Waals surface area (Å²) in [7, 11) is 1.35. The number of rotatable bonds is 11. The summed E-state index contributed by atoms with van der Waals surface area (Å²) in [5.74, 6) is -0.495. The van der Waals surface area contributed by atoms with Crippen LogP contribution in [0.5, 0.6) is 17.2 Å². The Hall–Kier alpha value is -3.31. The maximum absolute atomic E-state index is 13.4. The molecular weight excluding hydrogens is 527 g/mol. The second-order valence-electron chi connectivity index (χ2n) is 11.8. The molecule has 40 heavy (non-hydrogen) atoms. The number of fused-ring (bicyclic) bond motifs is 1. The van der Waals surface area contributed by atoms with Gasteiger partial charge in [0.2, 0.25) is 0 Å². The summed E-state index contributed by atoms with van der Waals surface area (Å²) >= 11 is 0. The highest BCUT2D eigenvalue weighted by molar-refractivity contribution is 6.03. The molecule has 0 bridgehead atoms. The van der Waals surface area contributed by atoms with E-state index >= 15 is 0 Å². The molecule has 8 nitrogen and oxygen atoms in total. The zero-order valence-corrected chi connectivity index (χ0v) is 22.7. The van der Waals surface area contributed by atoms with E-state index in [9.17, 15) is 18.0 Å². The Kier molecular flexibility index (Phi) is 6.69. The smallest absolute Gasteiger partial charge is 0.387 e. The van der Waals surface area contributed by atoms with Crippen LogP contribution in [0.4, 0.5) is 13.2 Å². The predicted octanol–water partition coefficient (Wildman–Crippen LogP) is 5.03. The van der Waals surface area contributed by atoms with Crippen LogP contribution in [0.1, 0.15) is 37.0 Å². The number of aromatic nitrogens is 2. The quantitative estimate of drug-likeness (QED) is 0.305. The molecule has 1 aromatic carbocycles. The van der Waals surface area contributed by atoms with Crippen LogP contribution < -0.4 is 14.2 Å². The van der Waals surface area contributed by atoms with Crippen LogP contribution in [0.15, 0.2) is 36.7 Å². The Balaban J connectivity index is 1.24. The molecular formula is C29H32F3N3O5. The van der Waals surface area contributed by atoms with Gasteiger partial charge in [-0.3, -0.25) is 9.69 Å². The molecule has 1 aliphatic carbocycles. The number of hydrogen-bond acceptors (Lipinski definition) is 7. The third-order valence-corrected chi connectivity index (χ3v) is 7.80. The molecule has 6 rings (SSSR count). The highest BCUT2D eigenvalue weighted by Gasteiger charge is 2.50. The van der Waals surface area contributed by atoms with Crippen molar-refractivity contribution in [2.45, 2.75) is 45.1 Å². The summed E-state index contributed by atoms with van der Waals surface area (Å²) in [6.07, 6.45) is 2.52. The standard InChI is InChI=1S/C29H32F3N3O5/c1-28(2,12-34-13-29(14-34)15-38-16-29)40-19-4-5-22-20(10-33-35(22)11-19)17-8-24(37-3)26(25(9-17)39-27(31)32)23(36)7-18-6-21(18)30/h4-5,8-11,18,21,27H,6-7,12-16H2,1-3H3/t18-,21-/m0/s1. The van der Waals surface area contributed by atoms with Crippen molar-refractivity contribution in [1.82, 2.24) is 14.5 Å².